The van der Waals surface area contributed by atoms with E-state index in [2.05, 4.69) is 50.5 Å². The van der Waals surface area contributed by atoms with E-state index < -0.39 is 5.60 Å². The van der Waals surface area contributed by atoms with Crippen molar-refractivity contribution in [3.8, 4) is 0 Å². The number of aromatic nitrogens is 2. The van der Waals surface area contributed by atoms with Gasteiger partial charge in [0.25, 0.3) is 0 Å². The third kappa shape index (κ3) is 3.26. The molecule has 1 atom stereocenters. The lowest BCUT2D eigenvalue weighted by Crippen LogP contribution is -2.25. The normalized spacial score (nSPS) is 14.3. The molecule has 20 heavy (non-hydrogen) atoms. The first-order valence-electron chi connectivity index (χ1n) is 6.54. The lowest BCUT2D eigenvalue weighted by atomic mass is 9.91. The van der Waals surface area contributed by atoms with Crippen LogP contribution in [0.15, 0.2) is 28.7 Å². The molecule has 0 aliphatic rings. The number of aryl methyl sites for hydroxylation is 2. The lowest BCUT2D eigenvalue weighted by molar-refractivity contribution is 0.0554. The Balaban J connectivity index is 2.32. The Kier molecular flexibility index (Phi) is 4.92. The smallest absolute Gasteiger partial charge is 0.0924 e. The minimum absolute atomic E-state index is 0.525. The molecular formula is C15H18BrIN2O. The maximum Gasteiger partial charge on any atom is 0.0924 e. The Bertz CT molecular complexity index is 605. The predicted molar refractivity (Wildman–Crippen MR) is 92.7 cm³/mol. The molecule has 2 rings (SSSR count). The number of hydrogen-bond donors (Lipinski definition) is 1. The molecule has 1 aromatic heterocycles. The van der Waals surface area contributed by atoms with Crippen LogP contribution < -0.4 is 0 Å². The second-order valence-electron chi connectivity index (χ2n) is 5.14. The van der Waals surface area contributed by atoms with Gasteiger partial charge in [0.05, 0.1) is 21.5 Å². The zero-order valence-corrected chi connectivity index (χ0v) is 15.6. The van der Waals surface area contributed by atoms with Gasteiger partial charge >= 0.3 is 0 Å². The number of aliphatic hydroxyl groups is 1. The van der Waals surface area contributed by atoms with E-state index in [9.17, 15) is 5.11 Å². The third-order valence-electron chi connectivity index (χ3n) is 3.48. The second-order valence-corrected chi connectivity index (χ2v) is 7.18. The van der Waals surface area contributed by atoms with Gasteiger partial charge in [0.1, 0.15) is 0 Å². The van der Waals surface area contributed by atoms with Crippen LogP contribution in [0.4, 0.5) is 0 Å². The highest BCUT2D eigenvalue weighted by atomic mass is 127. The summed E-state index contributed by atoms with van der Waals surface area (Å²) in [4.78, 5) is 0. The van der Waals surface area contributed by atoms with Gasteiger partial charge in [-0.3, -0.25) is 4.68 Å². The van der Waals surface area contributed by atoms with E-state index in [1.165, 1.54) is 0 Å². The first-order chi connectivity index (χ1) is 9.35. The van der Waals surface area contributed by atoms with Crippen molar-refractivity contribution in [2.45, 2.75) is 32.3 Å². The van der Waals surface area contributed by atoms with Crippen LogP contribution in [0.25, 0.3) is 0 Å². The van der Waals surface area contributed by atoms with Crippen molar-refractivity contribution in [2.75, 3.05) is 0 Å². The maximum atomic E-state index is 10.8. The predicted octanol–water partition coefficient (Wildman–Crippen LogP) is 3.80. The molecular weight excluding hydrogens is 431 g/mol. The average Bonchev–Trinajstić information content (AvgIpc) is 2.66. The summed E-state index contributed by atoms with van der Waals surface area (Å²) in [6, 6.07) is 7.99. The van der Waals surface area contributed by atoms with Crippen LogP contribution in [0.3, 0.4) is 0 Å². The number of benzene rings is 1. The molecule has 0 saturated heterocycles. The van der Waals surface area contributed by atoms with Crippen molar-refractivity contribution >= 4 is 38.5 Å². The Labute approximate surface area is 141 Å². The zero-order valence-electron chi connectivity index (χ0n) is 11.8. The summed E-state index contributed by atoms with van der Waals surface area (Å²) in [5.74, 6) is 0. The van der Waals surface area contributed by atoms with Crippen molar-refractivity contribution in [2.24, 2.45) is 7.05 Å². The molecule has 0 spiro atoms. The zero-order chi connectivity index (χ0) is 14.9. The van der Waals surface area contributed by atoms with Crippen LogP contribution in [0.2, 0.25) is 0 Å². The molecule has 0 aliphatic heterocycles. The largest absolute Gasteiger partial charge is 0.385 e. The molecule has 5 heteroatoms. The van der Waals surface area contributed by atoms with Crippen LogP contribution in [0.1, 0.15) is 30.8 Å². The fraction of sp³-hybridized carbons (Fsp3) is 0.400. The van der Waals surface area contributed by atoms with Crippen molar-refractivity contribution in [3.05, 3.63) is 49.3 Å². The molecule has 1 aromatic carbocycles. The Morgan fingerprint density at radius 2 is 1.95 bits per heavy atom. The Morgan fingerprint density at radius 1 is 1.35 bits per heavy atom. The van der Waals surface area contributed by atoms with Crippen molar-refractivity contribution in [1.82, 2.24) is 9.78 Å². The quantitative estimate of drug-likeness (QED) is 0.722. The van der Waals surface area contributed by atoms with Gasteiger partial charge in [-0.25, -0.2) is 0 Å². The molecule has 0 saturated carbocycles. The standard InChI is InChI=1S/C15H18BrIN2O/c1-4-12-14(16)13(19(3)18-12)9-15(2,20)10-5-7-11(17)8-6-10/h5-8,20H,4,9H2,1-3H3. The van der Waals surface area contributed by atoms with Crippen molar-refractivity contribution in [1.29, 1.82) is 0 Å². The molecule has 0 radical (unpaired) electrons. The van der Waals surface area contributed by atoms with Gasteiger partial charge in [-0.1, -0.05) is 19.1 Å². The van der Waals surface area contributed by atoms with Gasteiger partial charge < -0.3 is 5.11 Å². The van der Waals surface area contributed by atoms with E-state index in [0.29, 0.717) is 6.42 Å². The number of hydrogen-bond acceptors (Lipinski definition) is 2. The lowest BCUT2D eigenvalue weighted by Gasteiger charge is -2.24. The number of rotatable bonds is 4. The van der Waals surface area contributed by atoms with Crippen LogP contribution in [0.5, 0.6) is 0 Å². The Morgan fingerprint density at radius 3 is 2.45 bits per heavy atom. The molecule has 1 unspecified atom stereocenters. The van der Waals surface area contributed by atoms with Crippen molar-refractivity contribution < 1.29 is 5.11 Å². The summed E-state index contributed by atoms with van der Waals surface area (Å²) < 4.78 is 4.02. The van der Waals surface area contributed by atoms with Gasteiger partial charge in [-0.15, -0.1) is 0 Å². The van der Waals surface area contributed by atoms with E-state index in [-0.39, 0.29) is 0 Å². The van der Waals surface area contributed by atoms with Gasteiger partial charge in [0.15, 0.2) is 0 Å². The molecule has 0 bridgehead atoms. The third-order valence-corrected chi connectivity index (χ3v) is 5.12. The molecule has 1 N–H and O–H groups in total. The molecule has 2 aromatic rings. The van der Waals surface area contributed by atoms with Crippen LogP contribution in [-0.4, -0.2) is 14.9 Å². The highest BCUT2D eigenvalue weighted by molar-refractivity contribution is 14.1. The van der Waals surface area contributed by atoms with Gasteiger partial charge in [-0.2, -0.15) is 5.10 Å². The van der Waals surface area contributed by atoms with Crippen LogP contribution >= 0.6 is 38.5 Å². The minimum atomic E-state index is -0.911. The van der Waals surface area contributed by atoms with E-state index >= 15 is 0 Å². The SMILES string of the molecule is CCc1nn(C)c(CC(C)(O)c2ccc(I)cc2)c1Br. The fourth-order valence-electron chi connectivity index (χ4n) is 2.25. The highest BCUT2D eigenvalue weighted by Gasteiger charge is 2.27. The molecule has 3 nitrogen and oxygen atoms in total. The molecule has 0 fully saturated rings. The van der Waals surface area contributed by atoms with E-state index in [1.807, 2.05) is 42.9 Å². The summed E-state index contributed by atoms with van der Waals surface area (Å²) in [5.41, 5.74) is 2.06. The minimum Gasteiger partial charge on any atom is -0.385 e. The summed E-state index contributed by atoms with van der Waals surface area (Å²) in [7, 11) is 1.92. The number of nitrogens with zero attached hydrogens (tertiary/aromatic N) is 2. The summed E-state index contributed by atoms with van der Waals surface area (Å²) >= 11 is 5.87. The first kappa shape index (κ1) is 16.0. The summed E-state index contributed by atoms with van der Waals surface area (Å²) in [6.45, 7) is 3.93. The van der Waals surface area contributed by atoms with Crippen LogP contribution in [0, 0.1) is 3.57 Å². The van der Waals surface area contributed by atoms with Gasteiger partial charge in [-0.05, 0) is 69.6 Å². The summed E-state index contributed by atoms with van der Waals surface area (Å²) in [6.07, 6.45) is 1.40. The topological polar surface area (TPSA) is 38.0 Å². The van der Waals surface area contributed by atoms with E-state index in [1.54, 1.807) is 0 Å². The van der Waals surface area contributed by atoms with E-state index in [4.69, 9.17) is 0 Å². The molecule has 0 amide bonds. The second kappa shape index (κ2) is 6.15. The molecule has 0 aliphatic carbocycles. The van der Waals surface area contributed by atoms with Crippen LogP contribution in [-0.2, 0) is 25.5 Å². The fourth-order valence-corrected chi connectivity index (χ4v) is 3.36. The summed E-state index contributed by atoms with van der Waals surface area (Å²) in [5, 5.41) is 15.3. The molecule has 1 heterocycles. The Hall–Kier alpha value is -0.400. The maximum absolute atomic E-state index is 10.8. The molecule has 108 valence electrons. The number of halogens is 2. The first-order valence-corrected chi connectivity index (χ1v) is 8.41. The highest BCUT2D eigenvalue weighted by Crippen LogP contribution is 2.30. The van der Waals surface area contributed by atoms with E-state index in [0.717, 1.165) is 31.4 Å². The average molecular weight is 449 g/mol. The monoisotopic (exact) mass is 448 g/mol. The van der Waals surface area contributed by atoms with Crippen molar-refractivity contribution in [3.63, 3.8) is 0 Å². The van der Waals surface area contributed by atoms with Gasteiger partial charge in [0.2, 0.25) is 0 Å². The van der Waals surface area contributed by atoms with Gasteiger partial charge in [0, 0.05) is 17.0 Å².